The van der Waals surface area contributed by atoms with E-state index >= 15 is 0 Å². The van der Waals surface area contributed by atoms with Crippen molar-refractivity contribution in [2.75, 3.05) is 0 Å². The van der Waals surface area contributed by atoms with Crippen molar-refractivity contribution in [3.8, 4) is 0 Å². The number of carbonyl (C=O) groups is 1. The molecule has 3 heteroatoms. The molecule has 0 amide bonds. The van der Waals surface area contributed by atoms with Crippen LogP contribution in [-0.2, 0) is 4.79 Å². The van der Waals surface area contributed by atoms with E-state index < -0.39 is 5.97 Å². The third kappa shape index (κ3) is 29.8. The Balaban J connectivity index is 0. The average Bonchev–Trinajstić information content (AvgIpc) is 2.58. The first-order valence-corrected chi connectivity index (χ1v) is 10.5. The summed E-state index contributed by atoms with van der Waals surface area (Å²) in [6, 6.07) is 0. The van der Waals surface area contributed by atoms with E-state index in [1.807, 2.05) is 6.08 Å². The maximum absolute atomic E-state index is 10.3. The molecule has 0 fully saturated rings. The van der Waals surface area contributed by atoms with Crippen molar-refractivity contribution in [3.63, 3.8) is 0 Å². The van der Waals surface area contributed by atoms with Gasteiger partial charge in [-0.3, -0.25) is 4.79 Å². The van der Waals surface area contributed by atoms with Gasteiger partial charge >= 0.3 is 41.4 Å². The molecule has 0 aromatic rings. The second-order valence-corrected chi connectivity index (χ2v) is 6.79. The predicted molar refractivity (Wildman–Crippen MR) is 108 cm³/mol. The van der Waals surface area contributed by atoms with Crippen LogP contribution in [0.3, 0.4) is 0 Å². The summed E-state index contributed by atoms with van der Waals surface area (Å²) in [5, 5.41) is 9.60. The van der Waals surface area contributed by atoms with Crippen LogP contribution in [0.5, 0.6) is 0 Å². The van der Waals surface area contributed by atoms with E-state index in [0.717, 1.165) is 17.9 Å². The summed E-state index contributed by atoms with van der Waals surface area (Å²) in [6.45, 7) is 5.75. The van der Waals surface area contributed by atoms with Crippen molar-refractivity contribution in [1.82, 2.24) is 0 Å². The number of rotatable bonds is 17. The first kappa shape index (κ1) is 26.0. The molecular formula is C21H41LiO2. The van der Waals surface area contributed by atoms with E-state index in [1.165, 1.54) is 83.5 Å². The van der Waals surface area contributed by atoms with Crippen LogP contribution >= 0.6 is 0 Å². The van der Waals surface area contributed by atoms with Crippen molar-refractivity contribution in [3.05, 3.63) is 12.7 Å². The molecule has 1 N–H and O–H groups in total. The zero-order valence-electron chi connectivity index (χ0n) is 16.7. The number of carboxylic acids is 1. The van der Waals surface area contributed by atoms with E-state index in [2.05, 4.69) is 31.2 Å². The first-order chi connectivity index (χ1) is 11.7. The Hall–Kier alpha value is -0.193. The van der Waals surface area contributed by atoms with Gasteiger partial charge in [0.25, 0.3) is 0 Å². The first-order valence-electron chi connectivity index (χ1n) is 10.5. The van der Waals surface area contributed by atoms with Gasteiger partial charge in [-0.2, -0.15) is 0 Å². The number of aliphatic carboxylic acids is 1. The summed E-state index contributed by atoms with van der Waals surface area (Å²) < 4.78 is 0. The molecule has 0 aliphatic heterocycles. The average molecular weight is 332 g/mol. The molecular weight excluding hydrogens is 291 g/mol. The Morgan fingerprint density at radius 2 is 1.08 bits per heavy atom. The molecule has 24 heavy (non-hydrogen) atoms. The van der Waals surface area contributed by atoms with Crippen LogP contribution in [0.4, 0.5) is 0 Å². The van der Waals surface area contributed by atoms with Crippen LogP contribution in [0.15, 0.2) is 12.7 Å². The number of hydrogen-bond acceptors (Lipinski definition) is 1. The molecule has 0 bridgehead atoms. The van der Waals surface area contributed by atoms with E-state index in [0.29, 0.717) is 6.42 Å². The number of hydrogen-bond donors (Lipinski definition) is 1. The van der Waals surface area contributed by atoms with E-state index in [9.17, 15) is 4.79 Å². The SMILES string of the molecule is CCCCCCCCCCCCCCCCCC(=O)O.[Li][CH2]C=C. The van der Waals surface area contributed by atoms with Crippen LogP contribution in [0, 0.1) is 0 Å². The Labute approximate surface area is 161 Å². The van der Waals surface area contributed by atoms with Gasteiger partial charge in [-0.15, -0.1) is 0 Å². The summed E-state index contributed by atoms with van der Waals surface area (Å²) in [6.07, 6.45) is 22.1. The topological polar surface area (TPSA) is 37.3 Å². The van der Waals surface area contributed by atoms with Crippen LogP contribution in [0.25, 0.3) is 0 Å². The van der Waals surface area contributed by atoms with E-state index in [-0.39, 0.29) is 0 Å². The van der Waals surface area contributed by atoms with Gasteiger partial charge in [0.15, 0.2) is 0 Å². The minimum absolute atomic E-state index is 0.345. The fourth-order valence-electron chi connectivity index (χ4n) is 2.65. The standard InChI is InChI=1S/C18H36O2.C3H5.Li/c1-2-3-4-5-6-7-8-9-10-11-12-13-14-15-16-17-18(19)20;1-3-2;/h2-17H2,1H3,(H,19,20);3H,1-2H2;. The Bertz CT molecular complexity index is 254. The zero-order valence-corrected chi connectivity index (χ0v) is 16.7. The summed E-state index contributed by atoms with van der Waals surface area (Å²) >= 11 is 2.06. The molecule has 2 nitrogen and oxygen atoms in total. The van der Waals surface area contributed by atoms with Gasteiger partial charge in [0.1, 0.15) is 0 Å². The van der Waals surface area contributed by atoms with Gasteiger partial charge in [0, 0.05) is 6.42 Å². The molecule has 0 aromatic heterocycles. The van der Waals surface area contributed by atoms with Crippen LogP contribution in [0.2, 0.25) is 5.09 Å². The van der Waals surface area contributed by atoms with Gasteiger partial charge < -0.3 is 5.11 Å². The van der Waals surface area contributed by atoms with E-state index in [4.69, 9.17) is 5.11 Å². The van der Waals surface area contributed by atoms with Gasteiger partial charge in [0.05, 0.1) is 0 Å². The predicted octanol–water partition coefficient (Wildman–Crippen LogP) is 7.09. The molecule has 0 aromatic carbocycles. The normalized spacial score (nSPS) is 10.1. The fourth-order valence-corrected chi connectivity index (χ4v) is 2.65. The summed E-state index contributed by atoms with van der Waals surface area (Å²) in [5.41, 5.74) is 0. The molecule has 0 radical (unpaired) electrons. The van der Waals surface area contributed by atoms with Crippen molar-refractivity contribution in [2.45, 2.75) is 115 Å². The molecule has 0 rings (SSSR count). The number of allylic oxidation sites excluding steroid dienone is 1. The van der Waals surface area contributed by atoms with Gasteiger partial charge in [-0.1, -0.05) is 96.8 Å². The van der Waals surface area contributed by atoms with E-state index in [1.54, 1.807) is 0 Å². The van der Waals surface area contributed by atoms with Crippen molar-refractivity contribution < 1.29 is 9.90 Å². The molecule has 0 saturated heterocycles. The van der Waals surface area contributed by atoms with Crippen molar-refractivity contribution in [2.24, 2.45) is 0 Å². The van der Waals surface area contributed by atoms with Crippen LogP contribution < -0.4 is 0 Å². The summed E-state index contributed by atoms with van der Waals surface area (Å²) in [5.74, 6) is -0.653. The van der Waals surface area contributed by atoms with Crippen molar-refractivity contribution in [1.29, 1.82) is 0 Å². The molecule has 0 spiro atoms. The zero-order chi connectivity index (χ0) is 18.3. The van der Waals surface area contributed by atoms with Crippen LogP contribution in [0.1, 0.15) is 110 Å². The van der Waals surface area contributed by atoms with Crippen molar-refractivity contribution >= 4 is 23.7 Å². The molecule has 0 atom stereocenters. The summed E-state index contributed by atoms with van der Waals surface area (Å²) in [7, 11) is 0. The van der Waals surface area contributed by atoms with Gasteiger partial charge in [-0.05, 0) is 6.42 Å². The molecule has 0 aliphatic carbocycles. The molecule has 0 saturated carbocycles. The molecule has 0 heterocycles. The summed E-state index contributed by atoms with van der Waals surface area (Å²) in [4.78, 5) is 10.3. The van der Waals surface area contributed by atoms with Crippen LogP contribution in [-0.4, -0.2) is 28.8 Å². The molecule has 0 unspecified atom stereocenters. The Morgan fingerprint density at radius 3 is 1.33 bits per heavy atom. The third-order valence-electron chi connectivity index (χ3n) is 4.28. The second-order valence-electron chi connectivity index (χ2n) is 6.79. The fraction of sp³-hybridized carbons (Fsp3) is 0.857. The Morgan fingerprint density at radius 1 is 0.792 bits per heavy atom. The molecule has 0 aliphatic rings. The minimum atomic E-state index is -0.653. The quantitative estimate of drug-likeness (QED) is 0.175. The third-order valence-corrected chi connectivity index (χ3v) is 4.28. The maximum atomic E-state index is 10.3. The second kappa shape index (κ2) is 25.1. The molecule has 138 valence electrons. The number of carboxylic acid groups (broad SMARTS) is 1. The number of unbranched alkanes of at least 4 members (excludes halogenated alkanes) is 14. The monoisotopic (exact) mass is 332 g/mol. The van der Waals surface area contributed by atoms with Gasteiger partial charge in [0.2, 0.25) is 0 Å². The van der Waals surface area contributed by atoms with Gasteiger partial charge in [-0.25, -0.2) is 0 Å². The Kier molecular flexibility index (Phi) is 27.2.